The molecule has 0 spiro atoms. The van der Waals surface area contributed by atoms with E-state index in [9.17, 15) is 0 Å². The molecule has 1 nitrogen and oxygen atoms in total. The van der Waals surface area contributed by atoms with Gasteiger partial charge >= 0.3 is 16.8 Å². The topological polar surface area (TPSA) is 12.9 Å². The zero-order chi connectivity index (χ0) is 16.9. The van der Waals surface area contributed by atoms with Gasteiger partial charge in [-0.1, -0.05) is 6.07 Å². The summed E-state index contributed by atoms with van der Waals surface area (Å²) >= 11 is 0. The zero-order valence-corrected chi connectivity index (χ0v) is 21.3. The Hall–Kier alpha value is 0.516. The fraction of sp³-hybridized carbons (Fsp3) is 0.667. The minimum absolute atomic E-state index is 0. The predicted octanol–water partition coefficient (Wildman–Crippen LogP) is 7.04. The third-order valence-corrected chi connectivity index (χ3v) is 12.1. The second kappa shape index (κ2) is 14.6. The van der Waals surface area contributed by atoms with E-state index < -0.39 is 0 Å². The molecule has 0 saturated heterocycles. The smallest absolute Gasteiger partial charge is 0.358 e. The van der Waals surface area contributed by atoms with Gasteiger partial charge in [0.15, 0.2) is 0 Å². The molecule has 1 rings (SSSR count). The molecule has 1 aromatic heterocycles. The first-order valence-corrected chi connectivity index (χ1v) is 12.6. The molecule has 0 saturated carbocycles. The number of pyridine rings is 1. The van der Waals surface area contributed by atoms with Crippen LogP contribution in [0.25, 0.3) is 0 Å². The van der Waals surface area contributed by atoms with E-state index in [0.717, 1.165) is 22.6 Å². The van der Waals surface area contributed by atoms with Crippen molar-refractivity contribution in [1.29, 1.82) is 0 Å². The van der Waals surface area contributed by atoms with E-state index in [1.165, 1.54) is 23.7 Å². The number of hydrogen-bond acceptors (Lipinski definition) is 1. The summed E-state index contributed by atoms with van der Waals surface area (Å²) in [7, 11) is -0.724. The fourth-order valence-corrected chi connectivity index (χ4v) is 8.82. The molecule has 1 aromatic rings. The van der Waals surface area contributed by atoms with Crippen LogP contribution in [0, 0.1) is 14.9 Å². The molecule has 1 radical (unpaired) electrons. The van der Waals surface area contributed by atoms with Crippen LogP contribution >= 0.6 is 15.8 Å². The SMILES string of the molecule is CC(C)[PH+](Cc1cccc(C[PH+](C(C)C)C(C)C)n1)C(C)C.[CH3-].[CH3-].[Co+2]. The Morgan fingerprint density at radius 1 is 0.680 bits per heavy atom. The molecular weight excluding hydrogens is 387 g/mol. The van der Waals surface area contributed by atoms with Crippen molar-refractivity contribution in [1.82, 2.24) is 4.98 Å². The monoisotopic (exact) mass is 430 g/mol. The van der Waals surface area contributed by atoms with Gasteiger partial charge in [0.2, 0.25) is 0 Å². The standard InChI is InChI=1S/C19H35NP2.2CH3.Co/c1-14(2)21(15(3)4)12-18-10-9-11-19(20-18)13-22(16(5)6)17(7)8;;;/h9-11,14-17H,12-13H2,1-8H3;2*1H3;/q;2*-1;+2/p+2. The molecule has 0 fully saturated rings. The first-order valence-electron chi connectivity index (χ1n) is 8.88. The van der Waals surface area contributed by atoms with Gasteiger partial charge in [-0.25, -0.2) is 0 Å². The van der Waals surface area contributed by atoms with Crippen molar-refractivity contribution in [3.8, 4) is 0 Å². The Kier molecular flexibility index (Phi) is 17.6. The van der Waals surface area contributed by atoms with Gasteiger partial charge in [0.25, 0.3) is 0 Å². The third kappa shape index (κ3) is 10.4. The predicted molar refractivity (Wildman–Crippen MR) is 122 cm³/mol. The van der Waals surface area contributed by atoms with Crippen molar-refractivity contribution >= 4 is 15.8 Å². The number of rotatable bonds is 8. The van der Waals surface area contributed by atoms with E-state index in [2.05, 4.69) is 73.6 Å². The van der Waals surface area contributed by atoms with Gasteiger partial charge in [-0.05, 0) is 67.5 Å². The van der Waals surface area contributed by atoms with Crippen LogP contribution < -0.4 is 0 Å². The van der Waals surface area contributed by atoms with Crippen molar-refractivity contribution in [2.45, 2.75) is 90.3 Å². The summed E-state index contributed by atoms with van der Waals surface area (Å²) in [4.78, 5) is 5.03. The number of aromatic nitrogens is 1. The Bertz CT molecular complexity index is 394. The summed E-state index contributed by atoms with van der Waals surface area (Å²) in [5.74, 6) is 0. The Morgan fingerprint density at radius 2 is 0.960 bits per heavy atom. The van der Waals surface area contributed by atoms with Crippen molar-refractivity contribution in [2.24, 2.45) is 0 Å². The quantitative estimate of drug-likeness (QED) is 0.318. The normalized spacial score (nSPS) is 11.1. The molecule has 0 aliphatic carbocycles. The average molecular weight is 430 g/mol. The van der Waals surface area contributed by atoms with Crippen molar-refractivity contribution in [3.63, 3.8) is 0 Å². The molecular formula is C21H43CoNP2+2. The first kappa shape index (κ1) is 30.3. The summed E-state index contributed by atoms with van der Waals surface area (Å²) in [5.41, 5.74) is 5.95. The Morgan fingerprint density at radius 3 is 1.20 bits per heavy atom. The van der Waals surface area contributed by atoms with Crippen LogP contribution in [0.15, 0.2) is 18.2 Å². The van der Waals surface area contributed by atoms with Crippen LogP contribution in [0.5, 0.6) is 0 Å². The molecule has 0 atom stereocenters. The summed E-state index contributed by atoms with van der Waals surface area (Å²) in [6, 6.07) is 6.73. The Balaban J connectivity index is -0.00000161. The van der Waals surface area contributed by atoms with Gasteiger partial charge in [0, 0.05) is 15.8 Å². The van der Waals surface area contributed by atoms with Crippen LogP contribution in [0.2, 0.25) is 0 Å². The minimum atomic E-state index is -0.362. The maximum absolute atomic E-state index is 5.03. The second-order valence-electron chi connectivity index (χ2n) is 7.74. The van der Waals surface area contributed by atoms with Crippen molar-refractivity contribution < 1.29 is 16.8 Å². The van der Waals surface area contributed by atoms with Crippen LogP contribution in [0.1, 0.15) is 66.8 Å². The number of nitrogens with zero attached hydrogens (tertiary/aromatic N) is 1. The van der Waals surface area contributed by atoms with Gasteiger partial charge in [0.1, 0.15) is 0 Å². The van der Waals surface area contributed by atoms with Gasteiger partial charge in [0.05, 0.1) is 46.3 Å². The van der Waals surface area contributed by atoms with Crippen LogP contribution in [0.4, 0.5) is 0 Å². The molecule has 149 valence electrons. The van der Waals surface area contributed by atoms with E-state index in [0.29, 0.717) is 0 Å². The van der Waals surface area contributed by atoms with E-state index in [4.69, 9.17) is 4.98 Å². The van der Waals surface area contributed by atoms with E-state index in [1.807, 2.05) is 0 Å². The molecule has 0 aromatic carbocycles. The molecule has 1 heterocycles. The zero-order valence-electron chi connectivity index (χ0n) is 18.2. The van der Waals surface area contributed by atoms with Crippen LogP contribution in [-0.2, 0) is 29.1 Å². The van der Waals surface area contributed by atoms with E-state index >= 15 is 0 Å². The molecule has 0 aliphatic heterocycles. The summed E-state index contributed by atoms with van der Waals surface area (Å²) in [6.45, 7) is 19.1. The van der Waals surface area contributed by atoms with Crippen molar-refractivity contribution in [3.05, 3.63) is 44.4 Å². The molecule has 0 bridgehead atoms. The van der Waals surface area contributed by atoms with Crippen LogP contribution in [-0.4, -0.2) is 27.6 Å². The second-order valence-corrected chi connectivity index (χ2v) is 15.4. The maximum Gasteiger partial charge on any atom is 2.00 e. The fourth-order valence-electron chi connectivity index (χ4n) is 3.29. The summed E-state index contributed by atoms with van der Waals surface area (Å²) in [5, 5.41) is 0. The Labute approximate surface area is 172 Å². The first-order chi connectivity index (χ1) is 10.2. The summed E-state index contributed by atoms with van der Waals surface area (Å²) in [6.07, 6.45) is 2.44. The van der Waals surface area contributed by atoms with Gasteiger partial charge in [-0.3, -0.25) is 4.98 Å². The number of hydrogen-bond donors (Lipinski definition) is 0. The average Bonchev–Trinajstić information content (AvgIpc) is 2.41. The molecule has 0 aliphatic rings. The molecule has 0 unspecified atom stereocenters. The molecule has 25 heavy (non-hydrogen) atoms. The van der Waals surface area contributed by atoms with Gasteiger partial charge < -0.3 is 14.9 Å². The molecule has 4 heteroatoms. The minimum Gasteiger partial charge on any atom is -0.358 e. The van der Waals surface area contributed by atoms with Gasteiger partial charge in [-0.15, -0.1) is 0 Å². The van der Waals surface area contributed by atoms with Gasteiger partial charge in [-0.2, -0.15) is 0 Å². The van der Waals surface area contributed by atoms with Crippen LogP contribution in [0.3, 0.4) is 0 Å². The van der Waals surface area contributed by atoms with Crippen molar-refractivity contribution in [2.75, 3.05) is 0 Å². The van der Waals surface area contributed by atoms with E-state index in [-0.39, 0.29) is 47.5 Å². The van der Waals surface area contributed by atoms with E-state index in [1.54, 1.807) is 0 Å². The summed E-state index contributed by atoms with van der Waals surface area (Å²) < 4.78 is 0. The maximum atomic E-state index is 5.03. The third-order valence-electron chi connectivity index (χ3n) is 4.60. The molecule has 0 N–H and O–H groups in total. The molecule has 0 amide bonds. The largest absolute Gasteiger partial charge is 2.00 e.